The van der Waals surface area contributed by atoms with Crippen molar-refractivity contribution in [3.63, 3.8) is 0 Å². The van der Waals surface area contributed by atoms with Crippen molar-refractivity contribution in [1.29, 1.82) is 0 Å². The Labute approximate surface area is 185 Å². The van der Waals surface area contributed by atoms with Gasteiger partial charge in [-0.1, -0.05) is 12.1 Å². The fraction of sp³-hybridized carbons (Fsp3) is 0.280. The summed E-state index contributed by atoms with van der Waals surface area (Å²) in [6.07, 6.45) is 3.95. The first-order valence-electron chi connectivity index (χ1n) is 10.5. The summed E-state index contributed by atoms with van der Waals surface area (Å²) in [6.45, 7) is 0. The second-order valence-electron chi connectivity index (χ2n) is 8.31. The molecule has 2 atom stereocenters. The highest BCUT2D eigenvalue weighted by atomic mass is 16.5. The molecule has 0 spiro atoms. The van der Waals surface area contributed by atoms with Crippen molar-refractivity contribution in [2.75, 3.05) is 28.3 Å². The lowest BCUT2D eigenvalue weighted by molar-refractivity contribution is 0.0436. The summed E-state index contributed by atoms with van der Waals surface area (Å²) < 4.78 is 16.7. The molecular weight excluding hydrogens is 406 g/mol. The van der Waals surface area contributed by atoms with Gasteiger partial charge in [0.25, 0.3) is 0 Å². The number of nitrogens with one attached hydrogen (secondary N) is 1. The molecule has 2 aromatic carbocycles. The van der Waals surface area contributed by atoms with Gasteiger partial charge in [0.05, 0.1) is 36.5 Å². The lowest BCUT2D eigenvalue weighted by Crippen LogP contribution is -2.29. The number of methoxy groups -OCH3 is 2. The van der Waals surface area contributed by atoms with E-state index in [-0.39, 0.29) is 17.6 Å². The molecule has 7 heteroatoms. The third kappa shape index (κ3) is 3.30. The number of aromatic nitrogens is 2. The van der Waals surface area contributed by atoms with Crippen LogP contribution in [0.3, 0.4) is 0 Å². The highest BCUT2D eigenvalue weighted by molar-refractivity contribution is 5.88. The van der Waals surface area contributed by atoms with E-state index in [0.717, 1.165) is 17.7 Å². The molecule has 7 nitrogen and oxygen atoms in total. The second kappa shape index (κ2) is 7.93. The van der Waals surface area contributed by atoms with Crippen molar-refractivity contribution in [3.05, 3.63) is 70.3 Å². The van der Waals surface area contributed by atoms with Gasteiger partial charge in [-0.05, 0) is 42.9 Å². The maximum Gasteiger partial charge on any atom is 0.190 e. The van der Waals surface area contributed by atoms with Crippen LogP contribution in [0.25, 0.3) is 33.5 Å². The molecule has 2 aromatic heterocycles. The summed E-state index contributed by atoms with van der Waals surface area (Å²) in [6, 6.07) is 11.8. The van der Waals surface area contributed by atoms with Gasteiger partial charge in [0, 0.05) is 36.7 Å². The van der Waals surface area contributed by atoms with Crippen molar-refractivity contribution in [2.24, 2.45) is 0 Å². The number of fused-ring (bicyclic) bond motifs is 2. The van der Waals surface area contributed by atoms with Crippen LogP contribution < -0.4 is 10.2 Å². The summed E-state index contributed by atoms with van der Waals surface area (Å²) in [4.78, 5) is 22.6. The lowest BCUT2D eigenvalue weighted by atomic mass is 10.0. The number of pyridine rings is 1. The molecule has 5 rings (SSSR count). The Bertz CT molecular complexity index is 1340. The SMILES string of the molecule is COc1cc2[nH]c(-c3ccc4c(c3)[C@H](N(C)C)[C@@H](OC)C4)cc(=O)c2cc1-c1cnco1. The molecule has 4 aromatic rings. The molecule has 32 heavy (non-hydrogen) atoms. The fourth-order valence-electron chi connectivity index (χ4n) is 4.72. The van der Waals surface area contributed by atoms with Gasteiger partial charge in [0.2, 0.25) is 0 Å². The van der Waals surface area contributed by atoms with Crippen LogP contribution in [-0.2, 0) is 11.2 Å². The molecule has 0 radical (unpaired) electrons. The molecule has 1 aliphatic carbocycles. The molecule has 0 saturated carbocycles. The van der Waals surface area contributed by atoms with E-state index >= 15 is 0 Å². The monoisotopic (exact) mass is 431 g/mol. The third-order valence-corrected chi connectivity index (χ3v) is 6.26. The van der Waals surface area contributed by atoms with E-state index in [2.05, 4.69) is 47.2 Å². The fourth-order valence-corrected chi connectivity index (χ4v) is 4.72. The predicted molar refractivity (Wildman–Crippen MR) is 123 cm³/mol. The summed E-state index contributed by atoms with van der Waals surface area (Å²) in [5, 5.41) is 0.563. The molecular formula is C25H25N3O4. The van der Waals surface area contributed by atoms with Crippen molar-refractivity contribution < 1.29 is 13.9 Å². The van der Waals surface area contributed by atoms with Crippen LogP contribution in [0.1, 0.15) is 17.2 Å². The molecule has 164 valence electrons. The average Bonchev–Trinajstić information content (AvgIpc) is 3.45. The Morgan fingerprint density at radius 3 is 2.69 bits per heavy atom. The van der Waals surface area contributed by atoms with Crippen molar-refractivity contribution in [2.45, 2.75) is 18.6 Å². The molecule has 0 fully saturated rings. The molecule has 0 bridgehead atoms. The van der Waals surface area contributed by atoms with E-state index in [1.165, 1.54) is 17.5 Å². The Morgan fingerprint density at radius 1 is 1.16 bits per heavy atom. The van der Waals surface area contributed by atoms with Crippen LogP contribution in [0.2, 0.25) is 0 Å². The zero-order valence-electron chi connectivity index (χ0n) is 18.5. The van der Waals surface area contributed by atoms with E-state index in [4.69, 9.17) is 13.9 Å². The van der Waals surface area contributed by atoms with Crippen LogP contribution in [0.4, 0.5) is 0 Å². The van der Waals surface area contributed by atoms with E-state index in [0.29, 0.717) is 28.0 Å². The largest absolute Gasteiger partial charge is 0.496 e. The first-order chi connectivity index (χ1) is 15.5. The number of likely N-dealkylation sites (N-methyl/N-ethyl adjacent to an activating group) is 1. The smallest absolute Gasteiger partial charge is 0.190 e. The molecule has 1 N–H and O–H groups in total. The number of nitrogens with zero attached hydrogens (tertiary/aromatic N) is 2. The zero-order valence-corrected chi connectivity index (χ0v) is 18.5. The highest BCUT2D eigenvalue weighted by Gasteiger charge is 2.34. The molecule has 0 amide bonds. The first kappa shape index (κ1) is 20.5. The minimum Gasteiger partial charge on any atom is -0.496 e. The Balaban J connectivity index is 1.63. The van der Waals surface area contributed by atoms with Gasteiger partial charge in [-0.3, -0.25) is 4.79 Å². The van der Waals surface area contributed by atoms with Crippen LogP contribution in [-0.4, -0.2) is 49.3 Å². The van der Waals surface area contributed by atoms with Crippen molar-refractivity contribution >= 4 is 10.9 Å². The van der Waals surface area contributed by atoms with Crippen LogP contribution in [0.15, 0.2) is 58.2 Å². The Hall–Kier alpha value is -3.42. The van der Waals surface area contributed by atoms with Gasteiger partial charge >= 0.3 is 0 Å². The van der Waals surface area contributed by atoms with Gasteiger partial charge in [-0.2, -0.15) is 0 Å². The number of ether oxygens (including phenoxy) is 2. The number of aromatic amines is 1. The molecule has 2 heterocycles. The van der Waals surface area contributed by atoms with Crippen LogP contribution >= 0.6 is 0 Å². The molecule has 0 unspecified atom stereocenters. The predicted octanol–water partition coefficient (Wildman–Crippen LogP) is 4.03. The third-order valence-electron chi connectivity index (χ3n) is 6.26. The van der Waals surface area contributed by atoms with Crippen LogP contribution in [0.5, 0.6) is 5.75 Å². The average molecular weight is 431 g/mol. The molecule has 0 saturated heterocycles. The number of benzene rings is 2. The Kier molecular flexibility index (Phi) is 5.07. The van der Waals surface area contributed by atoms with Crippen molar-refractivity contribution in [1.82, 2.24) is 14.9 Å². The van der Waals surface area contributed by atoms with E-state index < -0.39 is 0 Å². The number of hydrogen-bond donors (Lipinski definition) is 1. The summed E-state index contributed by atoms with van der Waals surface area (Å²) in [7, 11) is 7.48. The summed E-state index contributed by atoms with van der Waals surface area (Å²) in [5.74, 6) is 1.15. The maximum absolute atomic E-state index is 13.1. The normalized spacial score (nSPS) is 17.8. The minimum absolute atomic E-state index is 0.0726. The van der Waals surface area contributed by atoms with Gasteiger partial charge in [-0.25, -0.2) is 4.98 Å². The van der Waals surface area contributed by atoms with Gasteiger partial charge in [0.1, 0.15) is 5.75 Å². The summed E-state index contributed by atoms with van der Waals surface area (Å²) in [5.41, 5.74) is 5.55. The number of H-pyrrole nitrogens is 1. The maximum atomic E-state index is 13.1. The highest BCUT2D eigenvalue weighted by Crippen LogP contribution is 2.39. The van der Waals surface area contributed by atoms with Crippen LogP contribution in [0, 0.1) is 0 Å². The van der Waals surface area contributed by atoms with E-state index in [9.17, 15) is 4.79 Å². The van der Waals surface area contributed by atoms with E-state index in [1.807, 2.05) is 6.07 Å². The number of rotatable bonds is 5. The van der Waals surface area contributed by atoms with E-state index in [1.54, 1.807) is 32.5 Å². The van der Waals surface area contributed by atoms with Gasteiger partial charge in [0.15, 0.2) is 17.6 Å². The molecule has 0 aliphatic heterocycles. The topological polar surface area (TPSA) is 80.6 Å². The van der Waals surface area contributed by atoms with Gasteiger partial charge in [-0.15, -0.1) is 0 Å². The first-order valence-corrected chi connectivity index (χ1v) is 10.5. The second-order valence-corrected chi connectivity index (χ2v) is 8.31. The molecule has 1 aliphatic rings. The zero-order chi connectivity index (χ0) is 22.4. The minimum atomic E-state index is -0.0726. The Morgan fingerprint density at radius 2 is 2.00 bits per heavy atom. The quantitative estimate of drug-likeness (QED) is 0.514. The lowest BCUT2D eigenvalue weighted by Gasteiger charge is -2.26. The standard InChI is InChI=1S/C25H25N3O4/c1-28(2)25-16-7-15(6-5-14(16)8-23(25)31-4)19-10-21(29)17-9-18(24-12-26-13-32-24)22(30-3)11-20(17)27-19/h5-7,9-13,23,25H,8H2,1-4H3,(H,27,29)/t23-,25-/m0/s1. The number of oxazole rings is 1. The van der Waals surface area contributed by atoms with Crippen molar-refractivity contribution in [3.8, 4) is 28.3 Å². The summed E-state index contributed by atoms with van der Waals surface area (Å²) >= 11 is 0. The number of hydrogen-bond acceptors (Lipinski definition) is 6. The van der Waals surface area contributed by atoms with Gasteiger partial charge < -0.3 is 23.8 Å².